The van der Waals surface area contributed by atoms with E-state index in [-0.39, 0.29) is 5.91 Å². The summed E-state index contributed by atoms with van der Waals surface area (Å²) < 4.78 is 7.66. The van der Waals surface area contributed by atoms with Crippen molar-refractivity contribution in [2.24, 2.45) is 0 Å². The Hall–Kier alpha value is -3.08. The Morgan fingerprint density at radius 2 is 2.00 bits per heavy atom. The summed E-state index contributed by atoms with van der Waals surface area (Å²) in [6, 6.07) is 15.7. The average Bonchev–Trinajstić information content (AvgIpc) is 3.04. The predicted octanol–water partition coefficient (Wildman–Crippen LogP) is 2.63. The van der Waals surface area contributed by atoms with Crippen LogP contribution in [0.15, 0.2) is 60.4 Å². The molecule has 1 aliphatic rings. The lowest BCUT2D eigenvalue weighted by molar-refractivity contribution is -0.117. The van der Waals surface area contributed by atoms with E-state index in [1.807, 2.05) is 59.2 Å². The summed E-state index contributed by atoms with van der Waals surface area (Å²) >= 11 is 0. The molecule has 0 fully saturated rings. The number of benzene rings is 2. The average molecular weight is 319 g/mol. The smallest absolute Gasteiger partial charge is 0.250 e. The summed E-state index contributed by atoms with van der Waals surface area (Å²) in [7, 11) is 0. The van der Waals surface area contributed by atoms with Gasteiger partial charge in [-0.1, -0.05) is 30.3 Å². The van der Waals surface area contributed by atoms with Crippen LogP contribution in [-0.2, 0) is 11.3 Å². The van der Waals surface area contributed by atoms with Crippen LogP contribution in [0.2, 0.25) is 0 Å². The van der Waals surface area contributed by atoms with E-state index >= 15 is 0 Å². The van der Waals surface area contributed by atoms with Gasteiger partial charge in [-0.25, -0.2) is 4.98 Å². The Labute approximate surface area is 139 Å². The van der Waals surface area contributed by atoms with Gasteiger partial charge in [-0.05, 0) is 24.3 Å². The van der Waals surface area contributed by atoms with Crippen molar-refractivity contribution in [1.29, 1.82) is 0 Å². The van der Waals surface area contributed by atoms with Crippen molar-refractivity contribution >= 4 is 23.0 Å². The number of amides is 1. The molecule has 0 saturated heterocycles. The summed E-state index contributed by atoms with van der Waals surface area (Å²) in [6.07, 6.45) is 3.69. The summed E-state index contributed by atoms with van der Waals surface area (Å²) in [5.74, 6) is 0.729. The van der Waals surface area contributed by atoms with E-state index in [4.69, 9.17) is 4.74 Å². The molecule has 2 aromatic carbocycles. The molecular weight excluding hydrogens is 302 g/mol. The standard InChI is InChI=1S/C19H17N3O2/c23-19(15-11-14-5-1-4-8-18(14)24-12-15)20-9-10-22-13-21-16-6-2-3-7-17(16)22/h1-8,11,13H,9-10,12H2,(H,20,23). The second-order valence-corrected chi connectivity index (χ2v) is 5.68. The molecule has 0 saturated carbocycles. The highest BCUT2D eigenvalue weighted by molar-refractivity contribution is 5.99. The number of imidazole rings is 1. The lowest BCUT2D eigenvalue weighted by atomic mass is 10.1. The maximum absolute atomic E-state index is 12.3. The van der Waals surface area contributed by atoms with Gasteiger partial charge in [0.2, 0.25) is 0 Å². The first-order valence-electron chi connectivity index (χ1n) is 7.92. The molecule has 0 spiro atoms. The van der Waals surface area contributed by atoms with Crippen LogP contribution in [0, 0.1) is 0 Å². The lowest BCUT2D eigenvalue weighted by Crippen LogP contribution is -2.31. The molecule has 5 heteroatoms. The molecule has 24 heavy (non-hydrogen) atoms. The van der Waals surface area contributed by atoms with Crippen LogP contribution < -0.4 is 10.1 Å². The fraction of sp³-hybridized carbons (Fsp3) is 0.158. The van der Waals surface area contributed by atoms with Crippen LogP contribution in [0.5, 0.6) is 5.75 Å². The zero-order chi connectivity index (χ0) is 16.4. The summed E-state index contributed by atoms with van der Waals surface area (Å²) in [4.78, 5) is 16.7. The number of ether oxygens (including phenoxy) is 1. The van der Waals surface area contributed by atoms with Gasteiger partial charge in [-0.15, -0.1) is 0 Å². The van der Waals surface area contributed by atoms with Gasteiger partial charge in [0.1, 0.15) is 12.4 Å². The van der Waals surface area contributed by atoms with Gasteiger partial charge in [-0.3, -0.25) is 4.79 Å². The minimum absolute atomic E-state index is 0.0890. The Morgan fingerprint density at radius 3 is 2.96 bits per heavy atom. The number of para-hydroxylation sites is 3. The van der Waals surface area contributed by atoms with Crippen molar-refractivity contribution in [1.82, 2.24) is 14.9 Å². The van der Waals surface area contributed by atoms with Crippen molar-refractivity contribution in [3.05, 3.63) is 66.0 Å². The number of carbonyl (C=O) groups excluding carboxylic acids is 1. The topological polar surface area (TPSA) is 56.2 Å². The van der Waals surface area contributed by atoms with Crippen LogP contribution in [0.4, 0.5) is 0 Å². The first-order chi connectivity index (χ1) is 11.8. The molecule has 4 rings (SSSR count). The number of hydrogen-bond donors (Lipinski definition) is 1. The molecule has 0 atom stereocenters. The third-order valence-electron chi connectivity index (χ3n) is 4.09. The van der Waals surface area contributed by atoms with Gasteiger partial charge >= 0.3 is 0 Å². The lowest BCUT2D eigenvalue weighted by Gasteiger charge is -2.17. The van der Waals surface area contributed by atoms with E-state index < -0.39 is 0 Å². The molecule has 1 aromatic heterocycles. The normalized spacial score (nSPS) is 13.1. The molecule has 1 amide bonds. The number of nitrogens with one attached hydrogen (secondary N) is 1. The molecule has 0 bridgehead atoms. The Bertz CT molecular complexity index is 927. The number of rotatable bonds is 4. The highest BCUT2D eigenvalue weighted by Gasteiger charge is 2.16. The van der Waals surface area contributed by atoms with Crippen LogP contribution in [0.3, 0.4) is 0 Å². The maximum Gasteiger partial charge on any atom is 0.250 e. The summed E-state index contributed by atoms with van der Waals surface area (Å²) in [6.45, 7) is 1.52. The number of hydrogen-bond acceptors (Lipinski definition) is 3. The fourth-order valence-electron chi connectivity index (χ4n) is 2.84. The van der Waals surface area contributed by atoms with Crippen molar-refractivity contribution in [3.63, 3.8) is 0 Å². The SMILES string of the molecule is O=C(NCCn1cnc2ccccc21)C1=Cc2ccccc2OC1. The molecule has 120 valence electrons. The number of fused-ring (bicyclic) bond motifs is 2. The zero-order valence-corrected chi connectivity index (χ0v) is 13.1. The minimum atomic E-state index is -0.0890. The van der Waals surface area contributed by atoms with Crippen LogP contribution >= 0.6 is 0 Å². The van der Waals surface area contributed by atoms with Gasteiger partial charge in [0.05, 0.1) is 22.9 Å². The first-order valence-corrected chi connectivity index (χ1v) is 7.92. The summed E-state index contributed by atoms with van der Waals surface area (Å²) in [5, 5.41) is 2.95. The molecule has 0 aliphatic carbocycles. The molecule has 5 nitrogen and oxygen atoms in total. The number of aromatic nitrogens is 2. The highest BCUT2D eigenvalue weighted by atomic mass is 16.5. The van der Waals surface area contributed by atoms with Crippen molar-refractivity contribution in [2.75, 3.05) is 13.2 Å². The fourth-order valence-corrected chi connectivity index (χ4v) is 2.84. The minimum Gasteiger partial charge on any atom is -0.488 e. The predicted molar refractivity (Wildman–Crippen MR) is 92.7 cm³/mol. The van der Waals surface area contributed by atoms with E-state index in [9.17, 15) is 4.79 Å². The zero-order valence-electron chi connectivity index (χ0n) is 13.1. The van der Waals surface area contributed by atoms with Gasteiger partial charge < -0.3 is 14.6 Å². The van der Waals surface area contributed by atoms with Gasteiger partial charge in [0.15, 0.2) is 0 Å². The van der Waals surface area contributed by atoms with E-state index in [1.165, 1.54) is 0 Å². The third kappa shape index (κ3) is 2.76. The maximum atomic E-state index is 12.3. The second kappa shape index (κ2) is 6.20. The monoisotopic (exact) mass is 319 g/mol. The summed E-state index contributed by atoms with van der Waals surface area (Å²) in [5.41, 5.74) is 3.61. The van der Waals surface area contributed by atoms with Crippen LogP contribution in [0.25, 0.3) is 17.1 Å². The van der Waals surface area contributed by atoms with E-state index in [1.54, 1.807) is 6.33 Å². The second-order valence-electron chi connectivity index (χ2n) is 5.68. The van der Waals surface area contributed by atoms with Gasteiger partial charge in [0.25, 0.3) is 5.91 Å². The Kier molecular flexibility index (Phi) is 3.75. The van der Waals surface area contributed by atoms with Gasteiger partial charge in [0, 0.05) is 18.7 Å². The molecule has 3 aromatic rings. The molecule has 1 aliphatic heterocycles. The van der Waals surface area contributed by atoms with Gasteiger partial charge in [-0.2, -0.15) is 0 Å². The molecule has 1 N–H and O–H groups in total. The Morgan fingerprint density at radius 1 is 1.17 bits per heavy atom. The van der Waals surface area contributed by atoms with E-state index in [0.717, 1.165) is 22.3 Å². The largest absolute Gasteiger partial charge is 0.488 e. The van der Waals surface area contributed by atoms with Crippen LogP contribution in [0.1, 0.15) is 5.56 Å². The van der Waals surface area contributed by atoms with Crippen molar-refractivity contribution in [2.45, 2.75) is 6.54 Å². The molecule has 0 radical (unpaired) electrons. The first kappa shape index (κ1) is 14.5. The molecule has 2 heterocycles. The quantitative estimate of drug-likeness (QED) is 0.804. The van der Waals surface area contributed by atoms with E-state index in [0.29, 0.717) is 25.3 Å². The van der Waals surface area contributed by atoms with Crippen molar-refractivity contribution in [3.8, 4) is 5.75 Å². The number of nitrogens with zero attached hydrogens (tertiary/aromatic N) is 2. The Balaban J connectivity index is 1.40. The van der Waals surface area contributed by atoms with Crippen LogP contribution in [-0.4, -0.2) is 28.6 Å². The molecular formula is C19H17N3O2. The third-order valence-corrected chi connectivity index (χ3v) is 4.09. The number of carbonyl (C=O) groups is 1. The van der Waals surface area contributed by atoms with E-state index in [2.05, 4.69) is 10.3 Å². The molecule has 0 unspecified atom stereocenters. The van der Waals surface area contributed by atoms with Crippen molar-refractivity contribution < 1.29 is 9.53 Å². The highest BCUT2D eigenvalue weighted by Crippen LogP contribution is 2.25.